The molecule has 0 N–H and O–H groups in total. The maximum atomic E-state index is 13.3. The first kappa shape index (κ1) is 17.7. The van der Waals surface area contributed by atoms with Crippen molar-refractivity contribution in [3.8, 4) is 0 Å². The average molecular weight is 368 g/mol. The van der Waals surface area contributed by atoms with Gasteiger partial charge in [-0.25, -0.2) is 9.74 Å². The van der Waals surface area contributed by atoms with E-state index in [2.05, 4.69) is 4.85 Å². The number of benzene rings is 1. The molecule has 5 atom stereocenters. The molecule has 0 radical (unpaired) electrons. The van der Waals surface area contributed by atoms with Crippen LogP contribution in [0.1, 0.15) is 32.8 Å². The molecule has 1 aromatic carbocycles. The van der Waals surface area contributed by atoms with E-state index in [1.165, 1.54) is 11.8 Å². The quantitative estimate of drug-likeness (QED) is 0.455. The molecule has 140 valence electrons. The van der Waals surface area contributed by atoms with E-state index in [1.807, 2.05) is 0 Å². The van der Waals surface area contributed by atoms with E-state index in [0.717, 1.165) is 0 Å². The third-order valence-corrected chi connectivity index (χ3v) is 6.13. The number of fused-ring (bicyclic) bond motifs is 5. The van der Waals surface area contributed by atoms with Crippen LogP contribution in [0.25, 0.3) is 4.85 Å². The topological polar surface area (TPSA) is 77.3 Å². The zero-order valence-electron chi connectivity index (χ0n) is 15.6. The van der Waals surface area contributed by atoms with Gasteiger partial charge in [0.1, 0.15) is 11.7 Å². The molecular formula is C20H20N2O5. The summed E-state index contributed by atoms with van der Waals surface area (Å²) in [5, 5.41) is 0. The number of ether oxygens (including phenoxy) is 2. The van der Waals surface area contributed by atoms with Gasteiger partial charge in [0, 0.05) is 19.0 Å². The standard InChI is InChI=1S/C20H20N2O5/c1-10-8-12(6-7-13(10)21-5)22-17(24)15-16(18(22)25)20(4)14(26-11(2)23)9-19(15,3)27-20/h6-8,14-16H,9H2,1-4H3/t14-,15+,16-,19?,20?/m0/s1. The van der Waals surface area contributed by atoms with E-state index < -0.39 is 35.1 Å². The maximum absolute atomic E-state index is 13.3. The minimum atomic E-state index is -1.03. The minimum absolute atomic E-state index is 0.299. The third kappa shape index (κ3) is 2.20. The Hall–Kier alpha value is -2.72. The van der Waals surface area contributed by atoms with E-state index in [1.54, 1.807) is 39.0 Å². The lowest BCUT2D eigenvalue weighted by Gasteiger charge is -2.34. The summed E-state index contributed by atoms with van der Waals surface area (Å²) in [6, 6.07) is 4.91. The molecule has 1 aromatic rings. The summed E-state index contributed by atoms with van der Waals surface area (Å²) in [6.45, 7) is 13.8. The number of imide groups is 1. The van der Waals surface area contributed by atoms with Gasteiger partial charge in [-0.05, 0) is 38.5 Å². The largest absolute Gasteiger partial charge is 0.459 e. The van der Waals surface area contributed by atoms with Gasteiger partial charge in [-0.3, -0.25) is 14.4 Å². The third-order valence-electron chi connectivity index (χ3n) is 6.13. The first-order valence-electron chi connectivity index (χ1n) is 8.86. The predicted molar refractivity (Wildman–Crippen MR) is 95.0 cm³/mol. The molecule has 2 amide bonds. The smallest absolute Gasteiger partial charge is 0.303 e. The van der Waals surface area contributed by atoms with E-state index >= 15 is 0 Å². The summed E-state index contributed by atoms with van der Waals surface area (Å²) < 4.78 is 11.5. The lowest BCUT2D eigenvalue weighted by atomic mass is 9.67. The van der Waals surface area contributed by atoms with E-state index in [0.29, 0.717) is 23.4 Å². The Balaban J connectivity index is 1.75. The van der Waals surface area contributed by atoms with Crippen LogP contribution in [0.3, 0.4) is 0 Å². The molecule has 0 aliphatic carbocycles. The lowest BCUT2D eigenvalue weighted by molar-refractivity contribution is -0.159. The molecule has 3 aliphatic heterocycles. The Labute approximate surface area is 157 Å². The van der Waals surface area contributed by atoms with Gasteiger partial charge in [-0.15, -0.1) is 0 Å². The molecule has 3 aliphatic rings. The molecule has 3 heterocycles. The van der Waals surface area contributed by atoms with Crippen LogP contribution in [0.15, 0.2) is 18.2 Å². The van der Waals surface area contributed by atoms with Crippen LogP contribution in [-0.4, -0.2) is 35.1 Å². The summed E-state index contributed by atoms with van der Waals surface area (Å²) in [5.41, 5.74) is -0.241. The van der Waals surface area contributed by atoms with Gasteiger partial charge >= 0.3 is 5.97 Å². The van der Waals surface area contributed by atoms with Gasteiger partial charge in [-0.2, -0.15) is 0 Å². The number of amides is 2. The van der Waals surface area contributed by atoms with Gasteiger partial charge < -0.3 is 9.47 Å². The molecule has 7 heteroatoms. The summed E-state index contributed by atoms with van der Waals surface area (Å²) in [4.78, 5) is 42.5. The molecule has 4 rings (SSSR count). The Kier molecular flexibility index (Phi) is 3.53. The van der Waals surface area contributed by atoms with Crippen molar-refractivity contribution in [1.29, 1.82) is 0 Å². The molecular weight excluding hydrogens is 348 g/mol. The number of hydrogen-bond acceptors (Lipinski definition) is 5. The van der Waals surface area contributed by atoms with Crippen molar-refractivity contribution in [3.05, 3.63) is 35.2 Å². The minimum Gasteiger partial charge on any atom is -0.459 e. The highest BCUT2D eigenvalue weighted by atomic mass is 16.6. The van der Waals surface area contributed by atoms with Crippen molar-refractivity contribution in [1.82, 2.24) is 0 Å². The highest BCUT2D eigenvalue weighted by Crippen LogP contribution is 2.61. The zero-order chi connectivity index (χ0) is 19.7. The van der Waals surface area contributed by atoms with Gasteiger partial charge in [-0.1, -0.05) is 6.07 Å². The lowest BCUT2D eigenvalue weighted by Crippen LogP contribution is -2.50. The van der Waals surface area contributed by atoms with Crippen molar-refractivity contribution in [2.45, 2.75) is 51.4 Å². The Morgan fingerprint density at radius 1 is 1.30 bits per heavy atom. The normalized spacial score (nSPS) is 36.7. The van der Waals surface area contributed by atoms with Crippen LogP contribution in [0.5, 0.6) is 0 Å². The van der Waals surface area contributed by atoms with E-state index in [9.17, 15) is 14.4 Å². The number of esters is 1. The van der Waals surface area contributed by atoms with E-state index in [4.69, 9.17) is 16.0 Å². The summed E-state index contributed by atoms with van der Waals surface area (Å²) in [7, 11) is 0. The van der Waals surface area contributed by atoms with Crippen LogP contribution in [0.4, 0.5) is 11.4 Å². The van der Waals surface area contributed by atoms with Crippen molar-refractivity contribution in [3.63, 3.8) is 0 Å². The van der Waals surface area contributed by atoms with Crippen LogP contribution in [-0.2, 0) is 23.9 Å². The van der Waals surface area contributed by atoms with E-state index in [-0.39, 0.29) is 11.8 Å². The van der Waals surface area contributed by atoms with Crippen molar-refractivity contribution < 1.29 is 23.9 Å². The van der Waals surface area contributed by atoms with Gasteiger partial charge in [0.05, 0.1) is 24.0 Å². The number of aryl methyl sites for hydroxylation is 1. The zero-order valence-corrected chi connectivity index (χ0v) is 15.6. The first-order chi connectivity index (χ1) is 12.6. The fraction of sp³-hybridized carbons (Fsp3) is 0.500. The fourth-order valence-electron chi connectivity index (χ4n) is 5.01. The van der Waals surface area contributed by atoms with Crippen LogP contribution in [0, 0.1) is 25.3 Å². The second-order valence-corrected chi connectivity index (χ2v) is 7.95. The Morgan fingerprint density at radius 3 is 2.56 bits per heavy atom. The van der Waals surface area contributed by atoms with Crippen LogP contribution in [0.2, 0.25) is 0 Å². The summed E-state index contributed by atoms with van der Waals surface area (Å²) in [5.74, 6) is -2.39. The number of anilines is 1. The molecule has 3 fully saturated rings. The van der Waals surface area contributed by atoms with Crippen LogP contribution < -0.4 is 4.90 Å². The predicted octanol–water partition coefficient (Wildman–Crippen LogP) is 2.53. The fourth-order valence-corrected chi connectivity index (χ4v) is 5.01. The number of hydrogen-bond donors (Lipinski definition) is 0. The summed E-state index contributed by atoms with van der Waals surface area (Å²) >= 11 is 0. The molecule has 3 saturated heterocycles. The molecule has 0 aromatic heterocycles. The number of nitrogens with zero attached hydrogens (tertiary/aromatic N) is 2. The monoisotopic (exact) mass is 368 g/mol. The molecule has 0 saturated carbocycles. The van der Waals surface area contributed by atoms with Crippen molar-refractivity contribution >= 4 is 29.2 Å². The van der Waals surface area contributed by atoms with Crippen molar-refractivity contribution in [2.24, 2.45) is 11.8 Å². The number of carbonyl (C=O) groups is 3. The Bertz CT molecular complexity index is 935. The Morgan fingerprint density at radius 2 is 1.96 bits per heavy atom. The second kappa shape index (κ2) is 5.40. The van der Waals surface area contributed by atoms with Gasteiger partial charge in [0.2, 0.25) is 11.8 Å². The summed E-state index contributed by atoms with van der Waals surface area (Å²) in [6.07, 6.45) is -0.184. The number of carbonyl (C=O) groups excluding carboxylic acids is 3. The van der Waals surface area contributed by atoms with Gasteiger partial charge in [0.25, 0.3) is 0 Å². The SMILES string of the molecule is [C-]#[N+]c1ccc(N2C(=O)[C@@H]3[C@H](C2=O)C2(C)C[C@H](OC(C)=O)C3(C)O2)cc1C. The highest BCUT2D eigenvalue weighted by molar-refractivity contribution is 6.23. The highest BCUT2D eigenvalue weighted by Gasteiger charge is 2.76. The van der Waals surface area contributed by atoms with Crippen molar-refractivity contribution in [2.75, 3.05) is 4.90 Å². The molecule has 0 spiro atoms. The number of rotatable bonds is 2. The van der Waals surface area contributed by atoms with Gasteiger partial charge in [0.15, 0.2) is 5.69 Å². The molecule has 2 bridgehead atoms. The first-order valence-corrected chi connectivity index (χ1v) is 8.86. The average Bonchev–Trinajstić information content (AvgIpc) is 3.08. The molecule has 27 heavy (non-hydrogen) atoms. The molecule has 7 nitrogen and oxygen atoms in total. The molecule has 2 unspecified atom stereocenters. The maximum Gasteiger partial charge on any atom is 0.303 e. The second-order valence-electron chi connectivity index (χ2n) is 7.95. The van der Waals surface area contributed by atoms with Crippen LogP contribution >= 0.6 is 0 Å².